The molecule has 1 aliphatic rings. The van der Waals surface area contributed by atoms with Gasteiger partial charge in [0.05, 0.1) is 0 Å². The topological polar surface area (TPSA) is 40.5 Å². The van der Waals surface area contributed by atoms with Crippen LogP contribution in [0.5, 0.6) is 0 Å². The molecule has 2 aromatic carbocycles. The van der Waals surface area contributed by atoms with Crippen molar-refractivity contribution in [3.05, 3.63) is 71.3 Å². The first-order valence-corrected chi connectivity index (χ1v) is 9.19. The summed E-state index contributed by atoms with van der Waals surface area (Å²) in [6.07, 6.45) is -0.688. The summed E-state index contributed by atoms with van der Waals surface area (Å²) in [6.45, 7) is 0.872. The Morgan fingerprint density at radius 2 is 1.92 bits per heavy atom. The quantitative estimate of drug-likeness (QED) is 0.904. The van der Waals surface area contributed by atoms with Crippen LogP contribution in [0.25, 0.3) is 0 Å². The molecule has 2 atom stereocenters. The molecule has 25 heavy (non-hydrogen) atoms. The maximum absolute atomic E-state index is 14.0. The molecule has 1 N–H and O–H groups in total. The van der Waals surface area contributed by atoms with Gasteiger partial charge in [0.15, 0.2) is 6.10 Å². The summed E-state index contributed by atoms with van der Waals surface area (Å²) in [5, 5.41) is 10.1. The smallest absolute Gasteiger partial charge is 0.256 e. The fourth-order valence-electron chi connectivity index (χ4n) is 2.95. The highest BCUT2D eigenvalue weighted by molar-refractivity contribution is 7.99. The van der Waals surface area contributed by atoms with Crippen LogP contribution in [0.2, 0.25) is 0 Å². The van der Waals surface area contributed by atoms with Crippen LogP contribution < -0.4 is 0 Å². The standard InChI is InChI=1S/C19H19F2NO2S/c20-14-6-7-16(21)15(12-14)17-8-9-22(10-11-25-17)19(24)18(23)13-4-2-1-3-5-13/h1-7,12,17-18,23H,8-11H2. The van der Waals surface area contributed by atoms with Gasteiger partial charge in [0.25, 0.3) is 5.91 Å². The fourth-order valence-corrected chi connectivity index (χ4v) is 4.19. The Morgan fingerprint density at radius 3 is 2.68 bits per heavy atom. The molecule has 132 valence electrons. The van der Waals surface area contributed by atoms with Gasteiger partial charge in [-0.05, 0) is 30.2 Å². The molecular formula is C19H19F2NO2S. The summed E-state index contributed by atoms with van der Waals surface area (Å²) in [7, 11) is 0. The Hall–Kier alpha value is -1.92. The minimum atomic E-state index is -1.20. The van der Waals surface area contributed by atoms with Gasteiger partial charge in [-0.3, -0.25) is 4.79 Å². The van der Waals surface area contributed by atoms with Gasteiger partial charge < -0.3 is 10.0 Å². The van der Waals surface area contributed by atoms with E-state index in [1.165, 1.54) is 17.8 Å². The van der Waals surface area contributed by atoms with Crippen molar-refractivity contribution < 1.29 is 18.7 Å². The van der Waals surface area contributed by atoms with E-state index in [4.69, 9.17) is 0 Å². The molecular weight excluding hydrogens is 344 g/mol. The monoisotopic (exact) mass is 363 g/mol. The molecule has 6 heteroatoms. The molecule has 1 saturated heterocycles. The number of thioether (sulfide) groups is 1. The van der Waals surface area contributed by atoms with Gasteiger partial charge in [0, 0.05) is 29.7 Å². The van der Waals surface area contributed by atoms with Crippen molar-refractivity contribution in [2.45, 2.75) is 17.8 Å². The summed E-state index contributed by atoms with van der Waals surface area (Å²) in [4.78, 5) is 14.1. The largest absolute Gasteiger partial charge is 0.378 e. The average molecular weight is 363 g/mol. The van der Waals surface area contributed by atoms with E-state index in [0.717, 1.165) is 12.1 Å². The van der Waals surface area contributed by atoms with Crippen LogP contribution in [-0.2, 0) is 4.79 Å². The van der Waals surface area contributed by atoms with Crippen LogP contribution in [0.4, 0.5) is 8.78 Å². The van der Waals surface area contributed by atoms with E-state index >= 15 is 0 Å². The maximum atomic E-state index is 14.0. The number of aliphatic hydroxyl groups excluding tert-OH is 1. The highest BCUT2D eigenvalue weighted by atomic mass is 32.2. The first-order valence-electron chi connectivity index (χ1n) is 8.14. The van der Waals surface area contributed by atoms with Gasteiger partial charge in [-0.25, -0.2) is 8.78 Å². The lowest BCUT2D eigenvalue weighted by Gasteiger charge is -2.23. The Morgan fingerprint density at radius 1 is 1.16 bits per heavy atom. The van der Waals surface area contributed by atoms with Crippen LogP contribution in [-0.4, -0.2) is 34.8 Å². The lowest BCUT2D eigenvalue weighted by molar-refractivity contribution is -0.140. The molecule has 2 unspecified atom stereocenters. The number of aliphatic hydroxyl groups is 1. The Kier molecular flexibility index (Phi) is 5.71. The van der Waals surface area contributed by atoms with E-state index in [1.54, 1.807) is 29.2 Å². The van der Waals surface area contributed by atoms with Crippen molar-refractivity contribution in [1.82, 2.24) is 4.90 Å². The van der Waals surface area contributed by atoms with Crippen LogP contribution >= 0.6 is 11.8 Å². The molecule has 1 aliphatic heterocycles. The lowest BCUT2D eigenvalue weighted by Crippen LogP contribution is -2.36. The number of halogens is 2. The van der Waals surface area contributed by atoms with E-state index in [2.05, 4.69) is 0 Å². The second-order valence-electron chi connectivity index (χ2n) is 5.95. The van der Waals surface area contributed by atoms with Crippen molar-refractivity contribution in [2.75, 3.05) is 18.8 Å². The van der Waals surface area contributed by atoms with Gasteiger partial charge in [0.2, 0.25) is 0 Å². The number of carbonyl (C=O) groups excluding carboxylic acids is 1. The van der Waals surface area contributed by atoms with Crippen molar-refractivity contribution in [1.29, 1.82) is 0 Å². The van der Waals surface area contributed by atoms with E-state index < -0.39 is 17.7 Å². The predicted molar refractivity (Wildman–Crippen MR) is 94.2 cm³/mol. The third kappa shape index (κ3) is 4.19. The average Bonchev–Trinajstić information content (AvgIpc) is 2.89. The summed E-state index contributed by atoms with van der Waals surface area (Å²) in [6, 6.07) is 12.2. The van der Waals surface area contributed by atoms with Crippen LogP contribution in [0.15, 0.2) is 48.5 Å². The molecule has 3 nitrogen and oxygen atoms in total. The van der Waals surface area contributed by atoms with Gasteiger partial charge in [-0.2, -0.15) is 11.8 Å². The first kappa shape index (κ1) is 17.9. The van der Waals surface area contributed by atoms with Crippen LogP contribution in [0.1, 0.15) is 28.9 Å². The second-order valence-corrected chi connectivity index (χ2v) is 7.26. The molecule has 0 radical (unpaired) electrons. The molecule has 1 fully saturated rings. The van der Waals surface area contributed by atoms with E-state index in [1.807, 2.05) is 6.07 Å². The zero-order valence-electron chi connectivity index (χ0n) is 13.6. The summed E-state index contributed by atoms with van der Waals surface area (Å²) in [5.74, 6) is -0.641. The van der Waals surface area contributed by atoms with Crippen LogP contribution in [0.3, 0.4) is 0 Å². The van der Waals surface area contributed by atoms with E-state index in [-0.39, 0.29) is 11.2 Å². The number of nitrogens with zero attached hydrogens (tertiary/aromatic N) is 1. The Bertz CT molecular complexity index is 741. The lowest BCUT2D eigenvalue weighted by atomic mass is 10.1. The normalized spacial score (nSPS) is 19.3. The molecule has 1 amide bonds. The van der Waals surface area contributed by atoms with Gasteiger partial charge in [-0.15, -0.1) is 0 Å². The van der Waals surface area contributed by atoms with Crippen molar-refractivity contribution >= 4 is 17.7 Å². The Labute approximate surface area is 149 Å². The molecule has 3 rings (SSSR count). The van der Waals surface area contributed by atoms with Crippen molar-refractivity contribution in [2.24, 2.45) is 0 Å². The second kappa shape index (κ2) is 7.97. The first-order chi connectivity index (χ1) is 12.1. The molecule has 0 aromatic heterocycles. The van der Waals surface area contributed by atoms with Gasteiger partial charge >= 0.3 is 0 Å². The molecule has 0 spiro atoms. The Balaban J connectivity index is 1.69. The molecule has 0 aliphatic carbocycles. The maximum Gasteiger partial charge on any atom is 0.256 e. The summed E-state index contributed by atoms with van der Waals surface area (Å²) < 4.78 is 27.4. The van der Waals surface area contributed by atoms with Crippen molar-refractivity contribution in [3.8, 4) is 0 Å². The summed E-state index contributed by atoms with van der Waals surface area (Å²) >= 11 is 1.51. The SMILES string of the molecule is O=C(C(O)c1ccccc1)N1CCSC(c2cc(F)ccc2F)CC1. The number of carbonyl (C=O) groups is 1. The number of hydrogen-bond donors (Lipinski definition) is 1. The number of amides is 1. The van der Waals surface area contributed by atoms with Crippen LogP contribution in [0, 0.1) is 11.6 Å². The van der Waals surface area contributed by atoms with Gasteiger partial charge in [0.1, 0.15) is 11.6 Å². The zero-order chi connectivity index (χ0) is 17.8. The zero-order valence-corrected chi connectivity index (χ0v) is 14.4. The number of rotatable bonds is 3. The summed E-state index contributed by atoms with van der Waals surface area (Å²) in [5.41, 5.74) is 0.889. The third-order valence-corrected chi connectivity index (χ3v) is 5.62. The third-order valence-electron chi connectivity index (χ3n) is 4.31. The molecule has 0 bridgehead atoms. The predicted octanol–water partition coefficient (Wildman–Crippen LogP) is 3.71. The number of benzene rings is 2. The van der Waals surface area contributed by atoms with Crippen molar-refractivity contribution in [3.63, 3.8) is 0 Å². The fraction of sp³-hybridized carbons (Fsp3) is 0.316. The minimum Gasteiger partial charge on any atom is -0.378 e. The molecule has 1 heterocycles. The highest BCUT2D eigenvalue weighted by Gasteiger charge is 2.28. The minimum absolute atomic E-state index is 0.206. The van der Waals surface area contributed by atoms with Gasteiger partial charge in [-0.1, -0.05) is 30.3 Å². The van der Waals surface area contributed by atoms with E-state index in [9.17, 15) is 18.7 Å². The van der Waals surface area contributed by atoms with E-state index in [0.29, 0.717) is 36.4 Å². The molecule has 0 saturated carbocycles. The molecule has 2 aromatic rings. The highest BCUT2D eigenvalue weighted by Crippen LogP contribution is 2.36. The number of hydrogen-bond acceptors (Lipinski definition) is 3.